The van der Waals surface area contributed by atoms with Crippen LogP contribution in [-0.4, -0.2) is 39.7 Å². The number of amides is 1. The summed E-state index contributed by atoms with van der Waals surface area (Å²) < 4.78 is 23.7. The number of carbonyl (C=O) groups excluding carboxylic acids is 1. The van der Waals surface area contributed by atoms with Crippen molar-refractivity contribution in [1.29, 1.82) is 0 Å². The van der Waals surface area contributed by atoms with Gasteiger partial charge in [0.2, 0.25) is 0 Å². The molecule has 0 saturated carbocycles. The van der Waals surface area contributed by atoms with Crippen LogP contribution in [0.15, 0.2) is 40.6 Å². The van der Waals surface area contributed by atoms with Gasteiger partial charge in [-0.15, -0.1) is 11.3 Å². The maximum atomic E-state index is 13.1. The first-order chi connectivity index (χ1) is 11.9. The summed E-state index contributed by atoms with van der Waals surface area (Å²) in [5.41, 5.74) is 2.02. The van der Waals surface area contributed by atoms with E-state index in [4.69, 9.17) is 0 Å². The van der Waals surface area contributed by atoms with Crippen LogP contribution >= 0.6 is 11.3 Å². The van der Waals surface area contributed by atoms with Gasteiger partial charge in [0.25, 0.3) is 5.91 Å². The minimum absolute atomic E-state index is 0.113. The minimum Gasteiger partial charge on any atom is -0.365 e. The molecule has 5 nitrogen and oxygen atoms in total. The first-order valence-electron chi connectivity index (χ1n) is 8.42. The molecule has 1 fully saturated rings. The Morgan fingerprint density at radius 1 is 1.12 bits per heavy atom. The zero-order valence-electron chi connectivity index (χ0n) is 14.0. The lowest BCUT2D eigenvalue weighted by Gasteiger charge is -2.46. The number of anilines is 2. The van der Waals surface area contributed by atoms with Crippen molar-refractivity contribution in [3.8, 4) is 0 Å². The molecule has 0 N–H and O–H groups in total. The van der Waals surface area contributed by atoms with Crippen molar-refractivity contribution in [2.45, 2.75) is 29.5 Å². The largest absolute Gasteiger partial charge is 0.365 e. The maximum absolute atomic E-state index is 13.1. The highest BCUT2D eigenvalue weighted by atomic mass is 32.2. The topological polar surface area (TPSA) is 57.7 Å². The van der Waals surface area contributed by atoms with E-state index in [1.54, 1.807) is 6.07 Å². The Labute approximate surface area is 151 Å². The lowest BCUT2D eigenvalue weighted by molar-refractivity contribution is 0.0986. The van der Waals surface area contributed by atoms with E-state index in [0.717, 1.165) is 35.7 Å². The Kier molecular flexibility index (Phi) is 4.08. The van der Waals surface area contributed by atoms with Crippen molar-refractivity contribution >= 4 is 38.5 Å². The van der Waals surface area contributed by atoms with Crippen LogP contribution in [-0.2, 0) is 9.84 Å². The van der Waals surface area contributed by atoms with Gasteiger partial charge in [0, 0.05) is 25.4 Å². The first kappa shape index (κ1) is 16.6. The Bertz CT molecular complexity index is 920. The van der Waals surface area contributed by atoms with E-state index in [1.165, 1.54) is 25.2 Å². The predicted octanol–water partition coefficient (Wildman–Crippen LogP) is 3.17. The summed E-state index contributed by atoms with van der Waals surface area (Å²) in [6, 6.07) is 11.5. The fourth-order valence-electron chi connectivity index (χ4n) is 3.71. The summed E-state index contributed by atoms with van der Waals surface area (Å²) in [5, 5.41) is 0. The Balaban J connectivity index is 1.72. The van der Waals surface area contributed by atoms with Crippen LogP contribution in [0.1, 0.15) is 28.9 Å². The SMILES string of the molecule is CS(=O)(=O)c1ccc(C(=O)N2C[C@H]3CCCCN3c3ccccc32)s1. The molecule has 2 aromatic rings. The minimum atomic E-state index is -3.29. The number of fused-ring (bicyclic) bond motifs is 3. The zero-order chi connectivity index (χ0) is 17.6. The van der Waals surface area contributed by atoms with Gasteiger partial charge in [-0.1, -0.05) is 12.1 Å². The summed E-state index contributed by atoms with van der Waals surface area (Å²) in [4.78, 5) is 17.8. The summed E-state index contributed by atoms with van der Waals surface area (Å²) in [6.45, 7) is 1.68. The molecule has 0 unspecified atom stereocenters. The number of carbonyl (C=O) groups is 1. The van der Waals surface area contributed by atoms with E-state index in [-0.39, 0.29) is 10.1 Å². The van der Waals surface area contributed by atoms with Crippen LogP contribution in [0, 0.1) is 0 Å². The van der Waals surface area contributed by atoms with E-state index in [0.29, 0.717) is 17.5 Å². The molecular weight excluding hydrogens is 356 g/mol. The Morgan fingerprint density at radius 3 is 2.60 bits per heavy atom. The van der Waals surface area contributed by atoms with Crippen LogP contribution in [0.5, 0.6) is 0 Å². The van der Waals surface area contributed by atoms with Gasteiger partial charge in [-0.2, -0.15) is 0 Å². The van der Waals surface area contributed by atoms with Gasteiger partial charge in [0.1, 0.15) is 4.21 Å². The third kappa shape index (κ3) is 2.95. The van der Waals surface area contributed by atoms with Crippen molar-refractivity contribution in [3.05, 3.63) is 41.3 Å². The van der Waals surface area contributed by atoms with Crippen molar-refractivity contribution in [2.24, 2.45) is 0 Å². The molecule has 0 aliphatic carbocycles. The van der Waals surface area contributed by atoms with Crippen molar-refractivity contribution < 1.29 is 13.2 Å². The quantitative estimate of drug-likeness (QED) is 0.808. The van der Waals surface area contributed by atoms with Gasteiger partial charge in [0.05, 0.1) is 16.3 Å². The highest BCUT2D eigenvalue weighted by molar-refractivity contribution is 7.92. The second kappa shape index (κ2) is 6.14. The third-order valence-electron chi connectivity index (χ3n) is 4.91. The average molecular weight is 377 g/mol. The standard InChI is InChI=1S/C18H20N2O3S2/c1-25(22,23)17-10-9-16(24-17)18(21)20-12-13-6-4-5-11-19(13)14-7-2-3-8-15(14)20/h2-3,7-10,13H,4-6,11-12H2,1H3/t13-/m1/s1. The van der Waals surface area contributed by atoms with Crippen molar-refractivity contribution in [1.82, 2.24) is 0 Å². The fraction of sp³-hybridized carbons (Fsp3) is 0.389. The number of hydrogen-bond acceptors (Lipinski definition) is 5. The molecule has 0 radical (unpaired) electrons. The number of thiophene rings is 1. The molecule has 132 valence electrons. The normalized spacial score (nSPS) is 20.1. The average Bonchev–Trinajstić information content (AvgIpc) is 3.11. The number of para-hydroxylation sites is 2. The molecule has 2 aliphatic rings. The summed E-state index contributed by atoms with van der Waals surface area (Å²) in [5.74, 6) is -0.113. The molecule has 3 heterocycles. The first-order valence-corrected chi connectivity index (χ1v) is 11.1. The molecule has 1 amide bonds. The van der Waals surface area contributed by atoms with E-state index >= 15 is 0 Å². The number of piperidine rings is 1. The molecule has 0 spiro atoms. The van der Waals surface area contributed by atoms with Gasteiger partial charge >= 0.3 is 0 Å². The summed E-state index contributed by atoms with van der Waals surface area (Å²) in [6.07, 6.45) is 4.62. The molecule has 2 aliphatic heterocycles. The smallest absolute Gasteiger partial charge is 0.268 e. The molecule has 1 atom stereocenters. The molecule has 7 heteroatoms. The Hall–Kier alpha value is -1.86. The number of nitrogens with zero attached hydrogens (tertiary/aromatic N) is 2. The van der Waals surface area contributed by atoms with Gasteiger partial charge < -0.3 is 9.80 Å². The summed E-state index contributed by atoms with van der Waals surface area (Å²) >= 11 is 1.05. The monoisotopic (exact) mass is 376 g/mol. The maximum Gasteiger partial charge on any atom is 0.268 e. The van der Waals surface area contributed by atoms with Crippen LogP contribution in [0.3, 0.4) is 0 Å². The van der Waals surface area contributed by atoms with Gasteiger partial charge in [-0.25, -0.2) is 8.42 Å². The van der Waals surface area contributed by atoms with Gasteiger partial charge in [-0.05, 0) is 43.5 Å². The third-order valence-corrected chi connectivity index (χ3v) is 7.80. The van der Waals surface area contributed by atoms with E-state index in [9.17, 15) is 13.2 Å². The van der Waals surface area contributed by atoms with E-state index in [2.05, 4.69) is 11.0 Å². The van der Waals surface area contributed by atoms with Crippen LogP contribution < -0.4 is 9.80 Å². The van der Waals surface area contributed by atoms with E-state index in [1.807, 2.05) is 23.1 Å². The predicted molar refractivity (Wildman–Crippen MR) is 101 cm³/mol. The molecule has 1 saturated heterocycles. The molecular formula is C18H20N2O3S2. The lowest BCUT2D eigenvalue weighted by Crippen LogP contribution is -2.52. The summed E-state index contributed by atoms with van der Waals surface area (Å²) in [7, 11) is -3.29. The van der Waals surface area contributed by atoms with Crippen molar-refractivity contribution in [2.75, 3.05) is 29.1 Å². The highest BCUT2D eigenvalue weighted by Gasteiger charge is 2.35. The lowest BCUT2D eigenvalue weighted by atomic mass is 9.97. The molecule has 4 rings (SSSR count). The second-order valence-electron chi connectivity index (χ2n) is 6.64. The number of rotatable bonds is 2. The zero-order valence-corrected chi connectivity index (χ0v) is 15.6. The molecule has 0 bridgehead atoms. The number of sulfone groups is 1. The molecule has 1 aromatic carbocycles. The second-order valence-corrected chi connectivity index (χ2v) is 9.96. The van der Waals surface area contributed by atoms with Crippen LogP contribution in [0.4, 0.5) is 11.4 Å². The fourth-order valence-corrected chi connectivity index (χ4v) is 5.59. The number of benzene rings is 1. The van der Waals surface area contributed by atoms with Gasteiger partial charge in [-0.3, -0.25) is 4.79 Å². The van der Waals surface area contributed by atoms with E-state index < -0.39 is 9.84 Å². The number of hydrogen-bond donors (Lipinski definition) is 0. The molecule has 25 heavy (non-hydrogen) atoms. The molecule has 1 aromatic heterocycles. The van der Waals surface area contributed by atoms with Gasteiger partial charge in [0.15, 0.2) is 9.84 Å². The van der Waals surface area contributed by atoms with Crippen LogP contribution in [0.25, 0.3) is 0 Å². The van der Waals surface area contributed by atoms with Crippen LogP contribution in [0.2, 0.25) is 0 Å². The highest BCUT2D eigenvalue weighted by Crippen LogP contribution is 2.39. The van der Waals surface area contributed by atoms with Crippen molar-refractivity contribution in [3.63, 3.8) is 0 Å². The Morgan fingerprint density at radius 2 is 1.88 bits per heavy atom.